The summed E-state index contributed by atoms with van der Waals surface area (Å²) in [5, 5.41) is 9.72. The molecule has 0 aliphatic carbocycles. The van der Waals surface area contributed by atoms with Gasteiger partial charge in [0.15, 0.2) is 0 Å². The van der Waals surface area contributed by atoms with Crippen molar-refractivity contribution < 1.29 is 14.6 Å². The first-order chi connectivity index (χ1) is 9.20. The molecule has 100 valence electrons. The van der Waals surface area contributed by atoms with Crippen LogP contribution in [0.15, 0.2) is 48.5 Å². The Hall–Kier alpha value is -1.84. The van der Waals surface area contributed by atoms with Crippen molar-refractivity contribution in [2.75, 3.05) is 7.11 Å². The number of para-hydroxylation sites is 1. The van der Waals surface area contributed by atoms with Crippen LogP contribution in [0.1, 0.15) is 24.2 Å². The van der Waals surface area contributed by atoms with Crippen molar-refractivity contribution in [1.82, 2.24) is 0 Å². The Morgan fingerprint density at radius 1 is 1.11 bits per heavy atom. The van der Waals surface area contributed by atoms with Crippen molar-refractivity contribution >= 4 is 0 Å². The number of aliphatic hydroxyl groups is 1. The summed E-state index contributed by atoms with van der Waals surface area (Å²) in [6, 6.07) is 15.2. The summed E-state index contributed by atoms with van der Waals surface area (Å²) in [5.41, 5.74) is 1.83. The van der Waals surface area contributed by atoms with E-state index >= 15 is 0 Å². The molecule has 0 amide bonds. The summed E-state index contributed by atoms with van der Waals surface area (Å²) in [6.07, 6.45) is -0.557. The smallest absolute Gasteiger partial charge is 0.133 e. The highest BCUT2D eigenvalue weighted by Gasteiger charge is 2.09. The van der Waals surface area contributed by atoms with E-state index in [2.05, 4.69) is 0 Å². The van der Waals surface area contributed by atoms with Gasteiger partial charge in [0.2, 0.25) is 0 Å². The fourth-order valence-corrected chi connectivity index (χ4v) is 1.91. The number of hydrogen-bond donors (Lipinski definition) is 1. The summed E-state index contributed by atoms with van der Waals surface area (Å²) in [4.78, 5) is 0. The Balaban J connectivity index is 2.23. The number of benzene rings is 2. The molecule has 0 saturated carbocycles. The highest BCUT2D eigenvalue weighted by atomic mass is 16.5. The molecular weight excluding hydrogens is 240 g/mol. The van der Waals surface area contributed by atoms with Crippen LogP contribution in [-0.4, -0.2) is 12.2 Å². The maximum absolute atomic E-state index is 9.72. The van der Waals surface area contributed by atoms with E-state index in [-0.39, 0.29) is 0 Å². The lowest BCUT2D eigenvalue weighted by Gasteiger charge is -2.13. The Morgan fingerprint density at radius 3 is 2.63 bits per heavy atom. The Morgan fingerprint density at radius 2 is 1.89 bits per heavy atom. The maximum atomic E-state index is 9.72. The molecule has 0 radical (unpaired) electrons. The van der Waals surface area contributed by atoms with E-state index in [9.17, 15) is 5.11 Å². The van der Waals surface area contributed by atoms with Crippen LogP contribution in [0.2, 0.25) is 0 Å². The zero-order valence-corrected chi connectivity index (χ0v) is 11.2. The molecule has 1 N–H and O–H groups in total. The topological polar surface area (TPSA) is 38.7 Å². The summed E-state index contributed by atoms with van der Waals surface area (Å²) >= 11 is 0. The lowest BCUT2D eigenvalue weighted by molar-refractivity contribution is 0.184. The zero-order chi connectivity index (χ0) is 13.7. The molecule has 2 aromatic carbocycles. The predicted octanol–water partition coefficient (Wildman–Crippen LogP) is 3.68. The van der Waals surface area contributed by atoms with Crippen molar-refractivity contribution in [3.63, 3.8) is 0 Å². The Kier molecular flexibility index (Phi) is 4.55. The molecule has 0 heterocycles. The minimum Gasteiger partial charge on any atom is -0.457 e. The Labute approximate surface area is 113 Å². The highest BCUT2D eigenvalue weighted by Crippen LogP contribution is 2.29. The van der Waals surface area contributed by atoms with Crippen molar-refractivity contribution in [2.24, 2.45) is 0 Å². The van der Waals surface area contributed by atoms with Gasteiger partial charge >= 0.3 is 0 Å². The van der Waals surface area contributed by atoms with E-state index in [1.54, 1.807) is 14.0 Å². The second-order valence-electron chi connectivity index (χ2n) is 4.40. The third-order valence-corrected chi connectivity index (χ3v) is 2.81. The molecule has 2 aromatic rings. The molecule has 1 atom stereocenters. The van der Waals surface area contributed by atoms with Crippen molar-refractivity contribution in [3.8, 4) is 11.5 Å². The molecule has 0 saturated heterocycles. The van der Waals surface area contributed by atoms with Gasteiger partial charge in [-0.05, 0) is 30.7 Å². The van der Waals surface area contributed by atoms with Gasteiger partial charge in [-0.15, -0.1) is 0 Å². The molecule has 0 aromatic heterocycles. The summed E-state index contributed by atoms with van der Waals surface area (Å²) < 4.78 is 10.9. The van der Waals surface area contributed by atoms with Crippen LogP contribution in [0.3, 0.4) is 0 Å². The number of aliphatic hydroxyl groups excluding tert-OH is 1. The third-order valence-electron chi connectivity index (χ3n) is 2.81. The summed E-state index contributed by atoms with van der Waals surface area (Å²) in [5.74, 6) is 1.41. The number of rotatable bonds is 5. The molecule has 0 spiro atoms. The number of methoxy groups -OCH3 is 1. The predicted molar refractivity (Wildman–Crippen MR) is 74.3 cm³/mol. The fraction of sp³-hybridized carbons (Fsp3) is 0.250. The van der Waals surface area contributed by atoms with Crippen LogP contribution >= 0.6 is 0 Å². The quantitative estimate of drug-likeness (QED) is 0.889. The van der Waals surface area contributed by atoms with Gasteiger partial charge in [0.1, 0.15) is 11.5 Å². The molecule has 0 aliphatic heterocycles. The van der Waals surface area contributed by atoms with Gasteiger partial charge in [-0.2, -0.15) is 0 Å². The third kappa shape index (κ3) is 3.56. The van der Waals surface area contributed by atoms with Crippen molar-refractivity contribution in [2.45, 2.75) is 19.6 Å². The molecule has 0 aliphatic rings. The molecule has 3 heteroatoms. The van der Waals surface area contributed by atoms with Gasteiger partial charge < -0.3 is 14.6 Å². The molecule has 0 fully saturated rings. The van der Waals surface area contributed by atoms with E-state index in [4.69, 9.17) is 9.47 Å². The first-order valence-corrected chi connectivity index (χ1v) is 6.23. The first kappa shape index (κ1) is 13.6. The van der Waals surface area contributed by atoms with Crippen LogP contribution in [0.5, 0.6) is 11.5 Å². The van der Waals surface area contributed by atoms with E-state index < -0.39 is 6.10 Å². The number of hydrogen-bond acceptors (Lipinski definition) is 3. The molecule has 0 bridgehead atoms. The molecule has 1 unspecified atom stereocenters. The Bertz CT molecular complexity index is 535. The van der Waals surface area contributed by atoms with Crippen molar-refractivity contribution in [3.05, 3.63) is 59.7 Å². The van der Waals surface area contributed by atoms with Gasteiger partial charge in [0.05, 0.1) is 12.7 Å². The second-order valence-corrected chi connectivity index (χ2v) is 4.40. The van der Waals surface area contributed by atoms with Crippen LogP contribution in [0.25, 0.3) is 0 Å². The lowest BCUT2D eigenvalue weighted by Crippen LogP contribution is -1.96. The molecular formula is C16H18O3. The number of ether oxygens (including phenoxy) is 2. The minimum absolute atomic E-state index is 0.551. The molecule has 3 nitrogen and oxygen atoms in total. The van der Waals surface area contributed by atoms with Crippen LogP contribution in [0.4, 0.5) is 0 Å². The molecule has 19 heavy (non-hydrogen) atoms. The largest absolute Gasteiger partial charge is 0.457 e. The fourth-order valence-electron chi connectivity index (χ4n) is 1.91. The van der Waals surface area contributed by atoms with E-state index in [1.807, 2.05) is 48.5 Å². The SMILES string of the molecule is COCc1cccc(Oc2ccccc2C(C)O)c1. The van der Waals surface area contributed by atoms with Crippen LogP contribution in [0, 0.1) is 0 Å². The zero-order valence-electron chi connectivity index (χ0n) is 11.2. The van der Waals surface area contributed by atoms with Gasteiger partial charge in [-0.3, -0.25) is 0 Å². The summed E-state index contributed by atoms with van der Waals surface area (Å²) in [6.45, 7) is 2.28. The first-order valence-electron chi connectivity index (χ1n) is 6.23. The monoisotopic (exact) mass is 258 g/mol. The van der Waals surface area contributed by atoms with Crippen LogP contribution in [-0.2, 0) is 11.3 Å². The minimum atomic E-state index is -0.557. The normalized spacial score (nSPS) is 12.2. The maximum Gasteiger partial charge on any atom is 0.133 e. The molecule has 2 rings (SSSR count). The van der Waals surface area contributed by atoms with Gasteiger partial charge in [-0.1, -0.05) is 30.3 Å². The van der Waals surface area contributed by atoms with Gasteiger partial charge in [-0.25, -0.2) is 0 Å². The van der Waals surface area contributed by atoms with Gasteiger partial charge in [0, 0.05) is 12.7 Å². The average molecular weight is 258 g/mol. The highest BCUT2D eigenvalue weighted by molar-refractivity contribution is 5.39. The average Bonchev–Trinajstić information content (AvgIpc) is 2.40. The van der Waals surface area contributed by atoms with Gasteiger partial charge in [0.25, 0.3) is 0 Å². The van der Waals surface area contributed by atoms with Crippen LogP contribution < -0.4 is 4.74 Å². The van der Waals surface area contributed by atoms with Crippen molar-refractivity contribution in [1.29, 1.82) is 0 Å². The van der Waals surface area contributed by atoms with E-state index in [0.717, 1.165) is 16.9 Å². The van der Waals surface area contributed by atoms with E-state index in [1.165, 1.54) is 0 Å². The lowest BCUT2D eigenvalue weighted by atomic mass is 10.1. The second kappa shape index (κ2) is 6.36. The summed E-state index contributed by atoms with van der Waals surface area (Å²) in [7, 11) is 1.66. The standard InChI is InChI=1S/C16H18O3/c1-12(17)15-8-3-4-9-16(15)19-14-7-5-6-13(10-14)11-18-2/h3-10,12,17H,11H2,1-2H3. The van der Waals surface area contributed by atoms with E-state index in [0.29, 0.717) is 12.4 Å².